The van der Waals surface area contributed by atoms with Crippen LogP contribution in [0.2, 0.25) is 0 Å². The monoisotopic (exact) mass is 354 g/mol. The van der Waals surface area contributed by atoms with Gasteiger partial charge in [-0.15, -0.1) is 0 Å². The molecule has 0 saturated heterocycles. The van der Waals surface area contributed by atoms with Gasteiger partial charge >= 0.3 is 5.97 Å². The average Bonchev–Trinajstić information content (AvgIpc) is 2.68. The maximum Gasteiger partial charge on any atom is 0.306 e. The number of carbonyl (C=O) groups is 2. The van der Waals surface area contributed by atoms with Gasteiger partial charge < -0.3 is 15.2 Å². The second-order valence-electron chi connectivity index (χ2n) is 6.54. The van der Waals surface area contributed by atoms with Crippen LogP contribution in [0, 0.1) is 5.92 Å². The predicted molar refractivity (Wildman–Crippen MR) is 95.9 cm³/mol. The normalized spacial score (nSPS) is 19.5. The first-order chi connectivity index (χ1) is 12.6. The van der Waals surface area contributed by atoms with Gasteiger partial charge in [-0.25, -0.2) is 0 Å². The second kappa shape index (κ2) is 8.47. The van der Waals surface area contributed by atoms with E-state index in [0.717, 1.165) is 5.56 Å². The Hall–Kier alpha value is -2.89. The molecule has 2 N–H and O–H groups in total. The molecule has 1 fully saturated rings. The molecule has 1 aromatic carbocycles. The van der Waals surface area contributed by atoms with Crippen LogP contribution in [0.15, 0.2) is 48.8 Å². The van der Waals surface area contributed by atoms with E-state index in [2.05, 4.69) is 10.3 Å². The summed E-state index contributed by atoms with van der Waals surface area (Å²) in [5, 5.41) is 12.0. The number of aromatic nitrogens is 1. The van der Waals surface area contributed by atoms with E-state index in [0.29, 0.717) is 43.6 Å². The van der Waals surface area contributed by atoms with Crippen LogP contribution >= 0.6 is 0 Å². The zero-order chi connectivity index (χ0) is 18.4. The smallest absolute Gasteiger partial charge is 0.306 e. The summed E-state index contributed by atoms with van der Waals surface area (Å²) in [5.74, 6) is -0.563. The van der Waals surface area contributed by atoms with Crippen molar-refractivity contribution in [3.05, 3.63) is 59.9 Å². The van der Waals surface area contributed by atoms with Crippen molar-refractivity contribution in [3.63, 3.8) is 0 Å². The van der Waals surface area contributed by atoms with Crippen LogP contribution in [0.4, 0.5) is 0 Å². The van der Waals surface area contributed by atoms with E-state index in [9.17, 15) is 9.59 Å². The summed E-state index contributed by atoms with van der Waals surface area (Å²) < 4.78 is 5.73. The Labute approximate surface area is 152 Å². The number of pyridine rings is 1. The minimum atomic E-state index is -0.742. The molecule has 1 aliphatic carbocycles. The quantitative estimate of drug-likeness (QED) is 0.832. The molecule has 0 atom stereocenters. The van der Waals surface area contributed by atoms with E-state index in [1.165, 1.54) is 0 Å². The van der Waals surface area contributed by atoms with Crippen molar-refractivity contribution in [2.45, 2.75) is 38.3 Å². The molecule has 0 spiro atoms. The summed E-state index contributed by atoms with van der Waals surface area (Å²) in [5.41, 5.74) is 1.49. The van der Waals surface area contributed by atoms with Crippen LogP contribution in [-0.2, 0) is 11.4 Å². The minimum absolute atomic E-state index is 0.0260. The maximum absolute atomic E-state index is 12.5. The van der Waals surface area contributed by atoms with Crippen LogP contribution in [-0.4, -0.2) is 28.0 Å². The van der Waals surface area contributed by atoms with Gasteiger partial charge in [-0.3, -0.25) is 14.6 Å². The van der Waals surface area contributed by atoms with Gasteiger partial charge in [-0.1, -0.05) is 12.1 Å². The Morgan fingerprint density at radius 1 is 1.15 bits per heavy atom. The third-order valence-corrected chi connectivity index (χ3v) is 4.64. The van der Waals surface area contributed by atoms with Crippen molar-refractivity contribution in [1.29, 1.82) is 0 Å². The highest BCUT2D eigenvalue weighted by molar-refractivity contribution is 5.94. The molecule has 0 bridgehead atoms. The van der Waals surface area contributed by atoms with E-state index in [-0.39, 0.29) is 17.9 Å². The summed E-state index contributed by atoms with van der Waals surface area (Å²) >= 11 is 0. The van der Waals surface area contributed by atoms with Gasteiger partial charge in [0, 0.05) is 29.6 Å². The number of nitrogens with one attached hydrogen (secondary N) is 1. The number of carboxylic acids is 1. The summed E-state index contributed by atoms with van der Waals surface area (Å²) in [7, 11) is 0. The molecule has 1 aromatic heterocycles. The molecule has 0 unspecified atom stereocenters. The van der Waals surface area contributed by atoms with Gasteiger partial charge in [-0.2, -0.15) is 0 Å². The zero-order valence-electron chi connectivity index (χ0n) is 14.4. The van der Waals surface area contributed by atoms with Crippen LogP contribution < -0.4 is 10.1 Å². The van der Waals surface area contributed by atoms with Gasteiger partial charge in [0.25, 0.3) is 5.91 Å². The summed E-state index contributed by atoms with van der Waals surface area (Å²) in [6, 6.07) is 10.9. The molecule has 6 nitrogen and oxygen atoms in total. The van der Waals surface area contributed by atoms with E-state index < -0.39 is 5.97 Å². The molecule has 136 valence electrons. The Bertz CT molecular complexity index is 755. The standard InChI is InChI=1S/C20H22N2O4/c23-19(22-17-8-6-15(7-9-17)20(24)25)16-4-1-5-18(11-16)26-13-14-3-2-10-21-12-14/h1-5,10-12,15,17H,6-9,13H2,(H,22,23)(H,24,25). The summed E-state index contributed by atoms with van der Waals surface area (Å²) in [6.45, 7) is 0.387. The number of amides is 1. The lowest BCUT2D eigenvalue weighted by Gasteiger charge is -2.26. The first-order valence-electron chi connectivity index (χ1n) is 8.77. The van der Waals surface area contributed by atoms with E-state index in [4.69, 9.17) is 9.84 Å². The third kappa shape index (κ3) is 4.81. The molecule has 0 radical (unpaired) electrons. The number of rotatable bonds is 6. The number of aliphatic carboxylic acids is 1. The van der Waals surface area contributed by atoms with Crippen LogP contribution in [0.25, 0.3) is 0 Å². The Morgan fingerprint density at radius 2 is 1.96 bits per heavy atom. The van der Waals surface area contributed by atoms with Crippen molar-refractivity contribution < 1.29 is 19.4 Å². The molecule has 1 saturated carbocycles. The highest BCUT2D eigenvalue weighted by atomic mass is 16.5. The van der Waals surface area contributed by atoms with Crippen molar-refractivity contribution in [1.82, 2.24) is 10.3 Å². The number of hydrogen-bond acceptors (Lipinski definition) is 4. The van der Waals surface area contributed by atoms with Gasteiger partial charge in [0.15, 0.2) is 0 Å². The lowest BCUT2D eigenvalue weighted by atomic mass is 9.86. The molecule has 0 aliphatic heterocycles. The minimum Gasteiger partial charge on any atom is -0.489 e. The zero-order valence-corrected chi connectivity index (χ0v) is 14.4. The number of carboxylic acid groups (broad SMARTS) is 1. The Morgan fingerprint density at radius 3 is 2.65 bits per heavy atom. The fraction of sp³-hybridized carbons (Fsp3) is 0.350. The molecule has 6 heteroatoms. The summed E-state index contributed by atoms with van der Waals surface area (Å²) in [6.07, 6.45) is 6.05. The van der Waals surface area contributed by atoms with E-state index in [1.807, 2.05) is 18.2 Å². The number of ether oxygens (including phenoxy) is 1. The van der Waals surface area contributed by atoms with Crippen LogP contribution in [0.5, 0.6) is 5.75 Å². The number of carbonyl (C=O) groups excluding carboxylic acids is 1. The molecule has 1 aliphatic rings. The number of benzene rings is 1. The van der Waals surface area contributed by atoms with Crippen LogP contribution in [0.1, 0.15) is 41.6 Å². The van der Waals surface area contributed by atoms with Gasteiger partial charge in [0.2, 0.25) is 0 Å². The highest BCUT2D eigenvalue weighted by Gasteiger charge is 2.26. The lowest BCUT2D eigenvalue weighted by molar-refractivity contribution is -0.142. The van der Waals surface area contributed by atoms with Crippen molar-refractivity contribution in [3.8, 4) is 5.75 Å². The van der Waals surface area contributed by atoms with Gasteiger partial charge in [0.1, 0.15) is 12.4 Å². The molecule has 3 rings (SSSR count). The lowest BCUT2D eigenvalue weighted by Crippen LogP contribution is -2.38. The number of nitrogens with zero attached hydrogens (tertiary/aromatic N) is 1. The Balaban J connectivity index is 1.54. The fourth-order valence-corrected chi connectivity index (χ4v) is 3.13. The topological polar surface area (TPSA) is 88.5 Å². The third-order valence-electron chi connectivity index (χ3n) is 4.64. The molecule has 1 amide bonds. The first-order valence-corrected chi connectivity index (χ1v) is 8.77. The fourth-order valence-electron chi connectivity index (χ4n) is 3.13. The molecular weight excluding hydrogens is 332 g/mol. The van der Waals surface area contributed by atoms with Gasteiger partial charge in [-0.05, 0) is 49.9 Å². The molecular formula is C20H22N2O4. The first kappa shape index (κ1) is 17.9. The van der Waals surface area contributed by atoms with E-state index in [1.54, 1.807) is 30.6 Å². The average molecular weight is 354 g/mol. The molecule has 2 aromatic rings. The van der Waals surface area contributed by atoms with Crippen molar-refractivity contribution in [2.24, 2.45) is 5.92 Å². The van der Waals surface area contributed by atoms with E-state index >= 15 is 0 Å². The van der Waals surface area contributed by atoms with Crippen molar-refractivity contribution >= 4 is 11.9 Å². The second-order valence-corrected chi connectivity index (χ2v) is 6.54. The highest BCUT2D eigenvalue weighted by Crippen LogP contribution is 2.25. The maximum atomic E-state index is 12.5. The molecule has 26 heavy (non-hydrogen) atoms. The molecule has 1 heterocycles. The SMILES string of the molecule is O=C(NC1CCC(C(=O)O)CC1)c1cccc(OCc2cccnc2)c1. The largest absolute Gasteiger partial charge is 0.489 e. The van der Waals surface area contributed by atoms with Crippen LogP contribution in [0.3, 0.4) is 0 Å². The van der Waals surface area contributed by atoms with Gasteiger partial charge in [0.05, 0.1) is 5.92 Å². The van der Waals surface area contributed by atoms with Crippen molar-refractivity contribution in [2.75, 3.05) is 0 Å². The predicted octanol–water partition coefficient (Wildman–Crippen LogP) is 3.03. The summed E-state index contributed by atoms with van der Waals surface area (Å²) in [4.78, 5) is 27.5. The number of hydrogen-bond donors (Lipinski definition) is 2. The Kier molecular flexibility index (Phi) is 5.84.